The van der Waals surface area contributed by atoms with Gasteiger partial charge in [-0.15, -0.1) is 0 Å². The molecule has 34 heavy (non-hydrogen) atoms. The van der Waals surface area contributed by atoms with Crippen molar-refractivity contribution in [1.29, 1.82) is 0 Å². The largest absolute Gasteiger partial charge is 0.369 e. The quantitative estimate of drug-likeness (QED) is 0.168. The Labute approximate surface area is 188 Å². The first-order valence-corrected chi connectivity index (χ1v) is 15.9. The van der Waals surface area contributed by atoms with E-state index < -0.39 is 72.8 Å². The van der Waals surface area contributed by atoms with E-state index in [1.165, 1.54) is 0 Å². The highest BCUT2D eigenvalue weighted by Gasteiger charge is 2.46. The first-order chi connectivity index (χ1) is 15.3. The smallest absolute Gasteiger partial charge is 0.342 e. The molecule has 3 rings (SSSR count). The van der Waals surface area contributed by atoms with Crippen LogP contribution in [-0.4, -0.2) is 73.1 Å². The molecule has 5 atom stereocenters. The van der Waals surface area contributed by atoms with Crippen LogP contribution in [0.5, 0.6) is 0 Å². The van der Waals surface area contributed by atoms with Gasteiger partial charge in [-0.3, -0.25) is 41.7 Å². The molecule has 1 aliphatic rings. The van der Waals surface area contributed by atoms with E-state index in [-0.39, 0.29) is 17.1 Å². The van der Waals surface area contributed by atoms with E-state index in [0.717, 1.165) is 10.9 Å². The fraction of sp³-hybridized carbons (Fsp3) is 0.545. The predicted octanol–water partition coefficient (Wildman–Crippen LogP) is -1.01. The lowest BCUT2D eigenvalue weighted by Gasteiger charge is -2.23. The number of fused-ring (bicyclic) bond motifs is 1. The highest BCUT2D eigenvalue weighted by atomic mass is 31.2. The highest BCUT2D eigenvalue weighted by molar-refractivity contribution is 7.70. The minimum Gasteiger partial charge on any atom is -0.369 e. The zero-order chi connectivity index (χ0) is 25.7. The molecule has 9 N–H and O–H groups in total. The van der Waals surface area contributed by atoms with Crippen molar-refractivity contribution in [3.05, 3.63) is 16.7 Å². The van der Waals surface area contributed by atoms with E-state index in [0.29, 0.717) is 0 Å². The van der Waals surface area contributed by atoms with E-state index in [1.807, 2.05) is 0 Å². The number of H-pyrrole nitrogens is 1. The van der Waals surface area contributed by atoms with Crippen LogP contribution in [0.1, 0.15) is 12.6 Å². The Morgan fingerprint density at radius 3 is 2.18 bits per heavy atom. The fourth-order valence-corrected chi connectivity index (χ4v) is 8.44. The zero-order valence-corrected chi connectivity index (χ0v) is 20.2. The van der Waals surface area contributed by atoms with Gasteiger partial charge < -0.3 is 39.8 Å². The number of nitrogen functional groups attached to an aromatic ring is 1. The lowest BCUT2D eigenvalue weighted by atomic mass is 10.2. The summed E-state index contributed by atoms with van der Waals surface area (Å²) in [5.41, 5.74) is 4.27. The number of aromatic nitrogens is 4. The molecule has 1 aliphatic heterocycles. The van der Waals surface area contributed by atoms with Crippen LogP contribution in [0.2, 0.25) is 0 Å². The van der Waals surface area contributed by atoms with Gasteiger partial charge >= 0.3 is 30.4 Å². The lowest BCUT2D eigenvalue weighted by Crippen LogP contribution is -2.23. The molecule has 1 saturated heterocycles. The second-order valence-electron chi connectivity index (χ2n) is 7.10. The molecule has 0 saturated carbocycles. The van der Waals surface area contributed by atoms with Crippen molar-refractivity contribution in [1.82, 2.24) is 19.5 Å². The Balaban J connectivity index is 1.97. The number of nitrogens with zero attached hydrogens (tertiary/aromatic N) is 3. The SMILES string of the molecule is Nc1nc2c(ncn2[C@@H]2O[C@H](OP(=O)(O)CP(=O)(O)O)C[C@H]2OP(=O)(O)CP(=O)(O)O)c(=O)[nH]1. The number of ether oxygens (including phenoxy) is 1. The van der Waals surface area contributed by atoms with Gasteiger partial charge in [0.2, 0.25) is 5.95 Å². The Bertz CT molecular complexity index is 1330. The van der Waals surface area contributed by atoms with Crippen molar-refractivity contribution in [2.75, 3.05) is 17.5 Å². The van der Waals surface area contributed by atoms with Crippen LogP contribution < -0.4 is 11.3 Å². The van der Waals surface area contributed by atoms with Gasteiger partial charge in [0, 0.05) is 6.42 Å². The number of hydrogen-bond donors (Lipinski definition) is 8. The number of hydrogen-bond acceptors (Lipinski definition) is 11. The summed E-state index contributed by atoms with van der Waals surface area (Å²) < 4.78 is 62.7. The van der Waals surface area contributed by atoms with E-state index in [4.69, 9.17) is 39.1 Å². The molecule has 2 aromatic rings. The molecule has 2 aromatic heterocycles. The first-order valence-electron chi connectivity index (χ1n) is 8.81. The molecule has 0 aliphatic carbocycles. The van der Waals surface area contributed by atoms with Crippen LogP contribution in [0.15, 0.2) is 11.1 Å². The topological polar surface area (TPSA) is 307 Å². The standard InChI is InChI=1S/C11H19N5O14P4/c12-11-14-8-7(9(17)15-11)13-2-16(8)10-5(29-33(24,25)3-31(18,19)20)1-6(28-10)30-34(26,27)4-32(21,22)23/h2,5-6,10H,1,3-4H2,(H,24,25)(H,26,27)(H2,18,19,20)(H2,21,22,23)(H3,12,14,15,17)/t5-,6-,10-/m1/s1. The Morgan fingerprint density at radius 2 is 1.62 bits per heavy atom. The van der Waals surface area contributed by atoms with Crippen LogP contribution in [0.25, 0.3) is 11.2 Å². The third-order valence-corrected chi connectivity index (χ3v) is 11.0. The number of imidazole rings is 1. The van der Waals surface area contributed by atoms with Crippen molar-refractivity contribution in [2.45, 2.75) is 25.0 Å². The van der Waals surface area contributed by atoms with Gasteiger partial charge in [0.15, 0.2) is 35.5 Å². The summed E-state index contributed by atoms with van der Waals surface area (Å²) in [4.78, 5) is 77.4. The fourth-order valence-electron chi connectivity index (χ4n) is 3.07. The maximum absolute atomic E-state index is 12.3. The Morgan fingerprint density at radius 1 is 1.06 bits per heavy atom. The molecule has 0 radical (unpaired) electrons. The summed E-state index contributed by atoms with van der Waals surface area (Å²) in [6.07, 6.45) is -4.59. The number of aromatic amines is 1. The highest BCUT2D eigenvalue weighted by Crippen LogP contribution is 2.60. The van der Waals surface area contributed by atoms with E-state index in [2.05, 4.69) is 15.0 Å². The summed E-state index contributed by atoms with van der Waals surface area (Å²) >= 11 is 0. The molecule has 1 fully saturated rings. The molecule has 3 heterocycles. The van der Waals surface area contributed by atoms with Crippen LogP contribution in [-0.2, 0) is 32.0 Å². The monoisotopic (exact) mass is 569 g/mol. The van der Waals surface area contributed by atoms with Gasteiger partial charge in [0.1, 0.15) is 6.10 Å². The number of rotatable bonds is 9. The molecule has 0 amide bonds. The van der Waals surface area contributed by atoms with Gasteiger partial charge in [-0.05, 0) is 0 Å². The maximum Gasteiger partial charge on any atom is 0.342 e. The Hall–Kier alpha value is -1.29. The van der Waals surface area contributed by atoms with Crippen LogP contribution in [0, 0.1) is 0 Å². The van der Waals surface area contributed by atoms with Crippen LogP contribution >= 0.6 is 30.4 Å². The van der Waals surface area contributed by atoms with E-state index >= 15 is 0 Å². The summed E-state index contributed by atoms with van der Waals surface area (Å²) in [5.74, 6) is -3.48. The maximum atomic E-state index is 12.3. The second kappa shape index (κ2) is 9.30. The van der Waals surface area contributed by atoms with Gasteiger partial charge in [-0.25, -0.2) is 4.98 Å². The van der Waals surface area contributed by atoms with E-state index in [9.17, 15) is 32.8 Å². The van der Waals surface area contributed by atoms with Gasteiger partial charge in [-0.1, -0.05) is 0 Å². The average Bonchev–Trinajstić information content (AvgIpc) is 3.12. The van der Waals surface area contributed by atoms with Crippen molar-refractivity contribution < 1.29 is 61.4 Å². The molecule has 0 aromatic carbocycles. The summed E-state index contributed by atoms with van der Waals surface area (Å²) in [5, 5.41) is 0. The molecular formula is C11H19N5O14P4. The summed E-state index contributed by atoms with van der Waals surface area (Å²) in [7, 11) is -20.0. The summed E-state index contributed by atoms with van der Waals surface area (Å²) in [6, 6.07) is 0. The first kappa shape index (κ1) is 27.3. The average molecular weight is 569 g/mol. The van der Waals surface area contributed by atoms with Crippen LogP contribution in [0.3, 0.4) is 0 Å². The molecule has 0 spiro atoms. The van der Waals surface area contributed by atoms with Gasteiger partial charge in [-0.2, -0.15) is 4.98 Å². The minimum absolute atomic E-state index is 0.217. The molecule has 23 heteroatoms. The van der Waals surface area contributed by atoms with Crippen molar-refractivity contribution >= 4 is 47.5 Å². The van der Waals surface area contributed by atoms with Gasteiger partial charge in [0.25, 0.3) is 5.56 Å². The minimum atomic E-state index is -5.02. The number of nitrogens with one attached hydrogen (secondary N) is 1. The third kappa shape index (κ3) is 7.12. The molecule has 2 unspecified atom stereocenters. The predicted molar refractivity (Wildman–Crippen MR) is 111 cm³/mol. The van der Waals surface area contributed by atoms with Crippen molar-refractivity contribution in [3.63, 3.8) is 0 Å². The molecular weight excluding hydrogens is 550 g/mol. The molecule has 0 bridgehead atoms. The van der Waals surface area contributed by atoms with Crippen molar-refractivity contribution in [3.8, 4) is 0 Å². The molecule has 19 nitrogen and oxygen atoms in total. The molecule has 192 valence electrons. The zero-order valence-electron chi connectivity index (χ0n) is 16.6. The van der Waals surface area contributed by atoms with Crippen LogP contribution in [0.4, 0.5) is 5.95 Å². The second-order valence-corrected chi connectivity index (χ2v) is 15.0. The number of nitrogens with two attached hydrogens (primary N) is 1. The third-order valence-electron chi connectivity index (χ3n) is 4.07. The Kier molecular flexibility index (Phi) is 7.47. The lowest BCUT2D eigenvalue weighted by molar-refractivity contribution is -0.107. The van der Waals surface area contributed by atoms with Crippen molar-refractivity contribution in [2.24, 2.45) is 0 Å². The summed E-state index contributed by atoms with van der Waals surface area (Å²) in [6.45, 7) is 0. The normalized spacial score (nSPS) is 25.3. The van der Waals surface area contributed by atoms with Gasteiger partial charge in [0.05, 0.1) is 6.33 Å². The van der Waals surface area contributed by atoms with E-state index in [1.54, 1.807) is 0 Å². The number of anilines is 1.